The van der Waals surface area contributed by atoms with Crippen LogP contribution in [-0.2, 0) is 27.9 Å². The van der Waals surface area contributed by atoms with Gasteiger partial charge in [-0.3, -0.25) is 24.4 Å². The highest BCUT2D eigenvalue weighted by Crippen LogP contribution is 2.34. The van der Waals surface area contributed by atoms with E-state index in [1.807, 2.05) is 37.4 Å². The zero-order valence-corrected chi connectivity index (χ0v) is 26.1. The molecule has 0 spiro atoms. The SMILES string of the molecule is C[C@@H]1CN(c2ncc(Cl)c(Nc3ccc4c(c3)CC(=O)N4C)n2)CC[C@H]1Nc1ccc2c([C@@H]3CCC(=O)NC3=O)nn(C)c2c1. The number of hydrogen-bond acceptors (Lipinski definition) is 9. The molecule has 3 aliphatic rings. The smallest absolute Gasteiger partial charge is 0.235 e. The monoisotopic (exact) mass is 627 g/mol. The molecule has 7 rings (SSSR count). The molecular formula is C32H34ClN9O3. The topological polar surface area (TPSA) is 137 Å². The number of benzene rings is 2. The van der Waals surface area contributed by atoms with E-state index in [4.69, 9.17) is 16.6 Å². The molecular weight excluding hydrogens is 594 g/mol. The minimum Gasteiger partial charge on any atom is -0.382 e. The van der Waals surface area contributed by atoms with E-state index in [1.54, 1.807) is 22.8 Å². The van der Waals surface area contributed by atoms with Gasteiger partial charge in [0.1, 0.15) is 5.02 Å². The van der Waals surface area contributed by atoms with Crippen molar-refractivity contribution in [3.63, 3.8) is 0 Å². The molecule has 3 aliphatic heterocycles. The Labute approximate surface area is 265 Å². The molecule has 3 atom stereocenters. The summed E-state index contributed by atoms with van der Waals surface area (Å²) in [5, 5.41) is 15.5. The molecule has 0 bridgehead atoms. The van der Waals surface area contributed by atoms with Crippen LogP contribution >= 0.6 is 11.6 Å². The molecule has 0 radical (unpaired) electrons. The largest absolute Gasteiger partial charge is 0.382 e. The second-order valence-electron chi connectivity index (χ2n) is 12.2. The van der Waals surface area contributed by atoms with Gasteiger partial charge >= 0.3 is 0 Å². The predicted octanol–water partition coefficient (Wildman–Crippen LogP) is 4.13. The first-order chi connectivity index (χ1) is 21.6. The summed E-state index contributed by atoms with van der Waals surface area (Å²) in [4.78, 5) is 49.4. The van der Waals surface area contributed by atoms with Crippen LogP contribution in [0.1, 0.15) is 43.4 Å². The van der Waals surface area contributed by atoms with E-state index in [-0.39, 0.29) is 23.8 Å². The minimum atomic E-state index is -0.429. The lowest BCUT2D eigenvalue weighted by molar-refractivity contribution is -0.134. The number of imide groups is 1. The van der Waals surface area contributed by atoms with Crippen LogP contribution in [0.25, 0.3) is 10.9 Å². The van der Waals surface area contributed by atoms with Crippen LogP contribution in [-0.4, -0.2) is 63.6 Å². The molecule has 13 heteroatoms. The van der Waals surface area contributed by atoms with Gasteiger partial charge in [0.05, 0.1) is 29.7 Å². The van der Waals surface area contributed by atoms with Crippen LogP contribution in [0, 0.1) is 5.92 Å². The molecule has 3 amide bonds. The summed E-state index contributed by atoms with van der Waals surface area (Å²) in [5.41, 5.74) is 5.33. The van der Waals surface area contributed by atoms with Crippen LogP contribution in [0.4, 0.5) is 28.8 Å². The van der Waals surface area contributed by atoms with Gasteiger partial charge in [-0.2, -0.15) is 10.1 Å². The molecule has 3 N–H and O–H groups in total. The Bertz CT molecular complexity index is 1860. The number of anilines is 5. The number of nitrogens with one attached hydrogen (secondary N) is 3. The fourth-order valence-corrected chi connectivity index (χ4v) is 6.76. The van der Waals surface area contributed by atoms with Crippen LogP contribution in [0.5, 0.6) is 0 Å². The molecule has 0 unspecified atom stereocenters. The number of carbonyl (C=O) groups is 3. The van der Waals surface area contributed by atoms with E-state index >= 15 is 0 Å². The van der Waals surface area contributed by atoms with Crippen molar-refractivity contribution >= 4 is 69.1 Å². The number of likely N-dealkylation sites (N-methyl/N-ethyl adjacent to an activating group) is 1. The lowest BCUT2D eigenvalue weighted by Gasteiger charge is -2.37. The van der Waals surface area contributed by atoms with Crippen LogP contribution < -0.4 is 25.8 Å². The molecule has 2 aromatic heterocycles. The summed E-state index contributed by atoms with van der Waals surface area (Å²) in [6.07, 6.45) is 3.67. The number of carbonyl (C=O) groups excluding carboxylic acids is 3. The maximum Gasteiger partial charge on any atom is 0.235 e. The highest BCUT2D eigenvalue weighted by atomic mass is 35.5. The normalized spacial score (nSPS) is 21.7. The number of aromatic nitrogens is 4. The van der Waals surface area contributed by atoms with E-state index in [2.05, 4.69) is 43.9 Å². The van der Waals surface area contributed by atoms with E-state index in [0.717, 1.165) is 53.0 Å². The van der Waals surface area contributed by atoms with Crippen molar-refractivity contribution in [2.75, 3.05) is 40.6 Å². The maximum atomic E-state index is 12.5. The van der Waals surface area contributed by atoms with Crippen molar-refractivity contribution in [2.45, 2.75) is 44.6 Å². The third kappa shape index (κ3) is 5.43. The van der Waals surface area contributed by atoms with Gasteiger partial charge in [0.2, 0.25) is 23.7 Å². The highest BCUT2D eigenvalue weighted by molar-refractivity contribution is 6.32. The molecule has 2 aromatic carbocycles. The number of hydrogen-bond donors (Lipinski definition) is 3. The van der Waals surface area contributed by atoms with Crippen molar-refractivity contribution < 1.29 is 14.4 Å². The molecule has 45 heavy (non-hydrogen) atoms. The van der Waals surface area contributed by atoms with Gasteiger partial charge in [0.15, 0.2) is 5.82 Å². The third-order valence-corrected chi connectivity index (χ3v) is 9.42. The van der Waals surface area contributed by atoms with Crippen molar-refractivity contribution in [2.24, 2.45) is 13.0 Å². The molecule has 2 saturated heterocycles. The summed E-state index contributed by atoms with van der Waals surface area (Å²) in [5.74, 6) is 0.562. The fourth-order valence-electron chi connectivity index (χ4n) is 6.63. The van der Waals surface area contributed by atoms with Crippen molar-refractivity contribution in [1.82, 2.24) is 25.1 Å². The summed E-state index contributed by atoms with van der Waals surface area (Å²) in [7, 11) is 3.66. The first-order valence-corrected chi connectivity index (χ1v) is 15.5. The highest BCUT2D eigenvalue weighted by Gasteiger charge is 2.32. The number of halogens is 1. The summed E-state index contributed by atoms with van der Waals surface area (Å²) >= 11 is 6.48. The van der Waals surface area contributed by atoms with Crippen LogP contribution in [0.3, 0.4) is 0 Å². The molecule has 5 heterocycles. The molecule has 12 nitrogen and oxygen atoms in total. The van der Waals surface area contributed by atoms with Gasteiger partial charge < -0.3 is 20.4 Å². The quantitative estimate of drug-likeness (QED) is 0.270. The zero-order chi connectivity index (χ0) is 31.4. The Balaban J connectivity index is 1.02. The number of fused-ring (bicyclic) bond motifs is 2. The summed E-state index contributed by atoms with van der Waals surface area (Å²) in [6.45, 7) is 3.75. The molecule has 2 fully saturated rings. The fraction of sp³-hybridized carbons (Fsp3) is 0.375. The standard InChI is InChI=1S/C32H34ClN9O3/c1-17-16-42(32-34-15-23(33)30(38-32)36-19-5-8-25-18(12-19)13-28(44)40(25)2)11-10-24(17)35-20-4-6-21-26(14-20)41(3)39-29(21)22-7-9-27(43)37-31(22)45/h4-6,8,12,14-15,17,22,24,35H,7,9-11,13,16H2,1-3H3,(H,34,36,38)(H,37,43,45)/t17-,22+,24-/m1/s1. The van der Waals surface area contributed by atoms with Gasteiger partial charge in [-0.1, -0.05) is 18.5 Å². The van der Waals surface area contributed by atoms with E-state index in [1.165, 1.54) is 0 Å². The average Bonchev–Trinajstić information content (AvgIpc) is 3.49. The number of aryl methyl sites for hydroxylation is 1. The van der Waals surface area contributed by atoms with Gasteiger partial charge in [0.25, 0.3) is 0 Å². The Hall–Kier alpha value is -4.71. The third-order valence-electron chi connectivity index (χ3n) is 9.14. The lowest BCUT2D eigenvalue weighted by Crippen LogP contribution is -2.46. The average molecular weight is 628 g/mol. The second-order valence-corrected chi connectivity index (χ2v) is 12.6. The second kappa shape index (κ2) is 11.3. The zero-order valence-electron chi connectivity index (χ0n) is 25.3. The Morgan fingerprint density at radius 2 is 1.87 bits per heavy atom. The number of piperidine rings is 2. The Morgan fingerprint density at radius 1 is 1.04 bits per heavy atom. The molecule has 4 aromatic rings. The van der Waals surface area contributed by atoms with Gasteiger partial charge in [0, 0.05) is 62.1 Å². The Kier molecular flexibility index (Phi) is 7.31. The van der Waals surface area contributed by atoms with Crippen LogP contribution in [0.15, 0.2) is 42.6 Å². The first kappa shape index (κ1) is 29.0. The first-order valence-electron chi connectivity index (χ1n) is 15.2. The van der Waals surface area contributed by atoms with E-state index in [9.17, 15) is 14.4 Å². The van der Waals surface area contributed by atoms with Gasteiger partial charge in [-0.15, -0.1) is 0 Å². The maximum absolute atomic E-state index is 12.5. The predicted molar refractivity (Wildman–Crippen MR) is 173 cm³/mol. The molecule has 0 aliphatic carbocycles. The number of rotatable bonds is 6. The number of amides is 3. The van der Waals surface area contributed by atoms with Crippen molar-refractivity contribution in [1.29, 1.82) is 0 Å². The minimum absolute atomic E-state index is 0.0768. The molecule has 232 valence electrons. The number of nitrogens with zero attached hydrogens (tertiary/aromatic N) is 6. The van der Waals surface area contributed by atoms with E-state index < -0.39 is 5.92 Å². The van der Waals surface area contributed by atoms with Crippen molar-refractivity contribution in [3.05, 3.63) is 58.9 Å². The van der Waals surface area contributed by atoms with E-state index in [0.29, 0.717) is 47.7 Å². The summed E-state index contributed by atoms with van der Waals surface area (Å²) < 4.78 is 1.80. The van der Waals surface area contributed by atoms with Crippen molar-refractivity contribution in [3.8, 4) is 0 Å². The Morgan fingerprint density at radius 3 is 2.67 bits per heavy atom. The summed E-state index contributed by atoms with van der Waals surface area (Å²) in [6, 6.07) is 12.2. The van der Waals surface area contributed by atoms with Gasteiger partial charge in [-0.05, 0) is 60.7 Å². The molecule has 0 saturated carbocycles. The van der Waals surface area contributed by atoms with Crippen LogP contribution in [0.2, 0.25) is 5.02 Å². The van der Waals surface area contributed by atoms with Gasteiger partial charge in [-0.25, -0.2) is 4.98 Å². The lowest BCUT2D eigenvalue weighted by atomic mass is 9.92.